The molecule has 0 saturated carbocycles. The molecule has 0 aromatic heterocycles. The maximum atomic E-state index is 12.0. The highest BCUT2D eigenvalue weighted by atomic mass is 16.1. The lowest BCUT2D eigenvalue weighted by Gasteiger charge is -2.09. The van der Waals surface area contributed by atoms with Crippen LogP contribution in [0.15, 0.2) is 48.5 Å². The fourth-order valence-corrected chi connectivity index (χ4v) is 2.19. The van der Waals surface area contributed by atoms with E-state index in [0.717, 1.165) is 16.7 Å². The number of amides is 1. The minimum absolute atomic E-state index is 0.0207. The van der Waals surface area contributed by atoms with Gasteiger partial charge >= 0.3 is 0 Å². The lowest BCUT2D eigenvalue weighted by atomic mass is 10.0. The molecule has 0 heterocycles. The second-order valence-corrected chi connectivity index (χ2v) is 4.92. The molecule has 0 spiro atoms. The van der Waals surface area contributed by atoms with E-state index < -0.39 is 0 Å². The number of nitrogens with two attached hydrogens (primary N) is 1. The first-order valence-electron chi connectivity index (χ1n) is 6.78. The van der Waals surface area contributed by atoms with Crippen LogP contribution in [0.3, 0.4) is 0 Å². The van der Waals surface area contributed by atoms with E-state index in [1.165, 1.54) is 5.56 Å². The molecule has 1 amide bonds. The van der Waals surface area contributed by atoms with Crippen molar-refractivity contribution in [2.24, 2.45) is 5.73 Å². The van der Waals surface area contributed by atoms with E-state index >= 15 is 0 Å². The van der Waals surface area contributed by atoms with Gasteiger partial charge in [-0.15, -0.1) is 0 Å². The van der Waals surface area contributed by atoms with Crippen molar-refractivity contribution in [2.75, 3.05) is 0 Å². The third-order valence-electron chi connectivity index (χ3n) is 3.26. The van der Waals surface area contributed by atoms with Crippen LogP contribution < -0.4 is 11.1 Å². The quantitative estimate of drug-likeness (QED) is 0.874. The summed E-state index contributed by atoms with van der Waals surface area (Å²) >= 11 is 0. The number of nitrogens with one attached hydrogen (secondary N) is 1. The van der Waals surface area contributed by atoms with Crippen molar-refractivity contribution in [3.8, 4) is 0 Å². The lowest BCUT2D eigenvalue weighted by molar-refractivity contribution is -0.120. The molecule has 2 aromatic carbocycles. The van der Waals surface area contributed by atoms with E-state index in [1.807, 2.05) is 49.4 Å². The SMILES string of the molecule is Cc1cccc(CNC(=O)Cc2ccccc2CN)c1. The number of carbonyl (C=O) groups is 1. The first-order chi connectivity index (χ1) is 9.69. The van der Waals surface area contributed by atoms with Crippen molar-refractivity contribution in [1.82, 2.24) is 5.32 Å². The zero-order valence-electron chi connectivity index (χ0n) is 11.7. The Morgan fingerprint density at radius 3 is 2.55 bits per heavy atom. The van der Waals surface area contributed by atoms with Gasteiger partial charge in [-0.1, -0.05) is 54.1 Å². The van der Waals surface area contributed by atoms with Gasteiger partial charge in [0.2, 0.25) is 5.91 Å². The van der Waals surface area contributed by atoms with Gasteiger partial charge in [0.25, 0.3) is 0 Å². The fraction of sp³-hybridized carbons (Fsp3) is 0.235. The van der Waals surface area contributed by atoms with E-state index in [1.54, 1.807) is 0 Å². The summed E-state index contributed by atoms with van der Waals surface area (Å²) < 4.78 is 0. The third kappa shape index (κ3) is 3.93. The molecule has 0 bridgehead atoms. The maximum absolute atomic E-state index is 12.0. The van der Waals surface area contributed by atoms with E-state index in [4.69, 9.17) is 5.73 Å². The van der Waals surface area contributed by atoms with Gasteiger partial charge in [0.1, 0.15) is 0 Å². The monoisotopic (exact) mass is 268 g/mol. The van der Waals surface area contributed by atoms with Gasteiger partial charge in [0.15, 0.2) is 0 Å². The molecule has 0 aliphatic heterocycles. The van der Waals surface area contributed by atoms with Gasteiger partial charge < -0.3 is 11.1 Å². The van der Waals surface area contributed by atoms with Crippen molar-refractivity contribution >= 4 is 5.91 Å². The summed E-state index contributed by atoms with van der Waals surface area (Å²) in [5, 5.41) is 2.95. The van der Waals surface area contributed by atoms with Gasteiger partial charge in [0.05, 0.1) is 6.42 Å². The van der Waals surface area contributed by atoms with Gasteiger partial charge in [-0.25, -0.2) is 0 Å². The molecule has 2 aromatic rings. The Bertz CT molecular complexity index is 593. The van der Waals surface area contributed by atoms with E-state index in [2.05, 4.69) is 11.4 Å². The van der Waals surface area contributed by atoms with Crippen molar-refractivity contribution in [3.63, 3.8) is 0 Å². The predicted molar refractivity (Wildman–Crippen MR) is 81.1 cm³/mol. The first kappa shape index (κ1) is 14.3. The largest absolute Gasteiger partial charge is 0.352 e. The molecule has 0 unspecified atom stereocenters. The molecule has 0 aliphatic rings. The van der Waals surface area contributed by atoms with Crippen molar-refractivity contribution in [2.45, 2.75) is 26.4 Å². The zero-order chi connectivity index (χ0) is 14.4. The first-order valence-corrected chi connectivity index (χ1v) is 6.78. The summed E-state index contributed by atoms with van der Waals surface area (Å²) in [4.78, 5) is 12.0. The molecular weight excluding hydrogens is 248 g/mol. The van der Waals surface area contributed by atoms with Crippen LogP contribution in [0.25, 0.3) is 0 Å². The highest BCUT2D eigenvalue weighted by molar-refractivity contribution is 5.78. The van der Waals surface area contributed by atoms with E-state index in [0.29, 0.717) is 19.5 Å². The Morgan fingerprint density at radius 1 is 1.10 bits per heavy atom. The molecule has 104 valence electrons. The van der Waals surface area contributed by atoms with Crippen LogP contribution in [0.2, 0.25) is 0 Å². The highest BCUT2D eigenvalue weighted by Crippen LogP contribution is 2.09. The number of aryl methyl sites for hydroxylation is 1. The Morgan fingerprint density at radius 2 is 1.85 bits per heavy atom. The molecule has 0 radical (unpaired) electrons. The topological polar surface area (TPSA) is 55.1 Å². The second-order valence-electron chi connectivity index (χ2n) is 4.92. The maximum Gasteiger partial charge on any atom is 0.224 e. The second kappa shape index (κ2) is 6.87. The van der Waals surface area contributed by atoms with Crippen molar-refractivity contribution < 1.29 is 4.79 Å². The standard InChI is InChI=1S/C17H20N2O/c1-13-5-4-6-14(9-13)12-19-17(20)10-15-7-2-3-8-16(15)11-18/h2-9H,10-12,18H2,1H3,(H,19,20). The number of benzene rings is 2. The summed E-state index contributed by atoms with van der Waals surface area (Å²) in [6.07, 6.45) is 0.374. The van der Waals surface area contributed by atoms with Crippen LogP contribution in [-0.4, -0.2) is 5.91 Å². The van der Waals surface area contributed by atoms with Crippen LogP contribution in [-0.2, 0) is 24.3 Å². The molecule has 20 heavy (non-hydrogen) atoms. The Labute approximate surface area is 119 Å². The number of rotatable bonds is 5. The summed E-state index contributed by atoms with van der Waals surface area (Å²) in [6, 6.07) is 15.9. The molecule has 0 fully saturated rings. The van der Waals surface area contributed by atoms with Gasteiger partial charge in [0, 0.05) is 13.1 Å². The average molecular weight is 268 g/mol. The molecular formula is C17H20N2O. The summed E-state index contributed by atoms with van der Waals surface area (Å²) in [6.45, 7) is 3.06. The third-order valence-corrected chi connectivity index (χ3v) is 3.26. The van der Waals surface area contributed by atoms with Crippen LogP contribution in [0.1, 0.15) is 22.3 Å². The fourth-order valence-electron chi connectivity index (χ4n) is 2.19. The smallest absolute Gasteiger partial charge is 0.224 e. The van der Waals surface area contributed by atoms with Crippen LogP contribution in [0, 0.1) is 6.92 Å². The molecule has 0 saturated heterocycles. The molecule has 3 N–H and O–H groups in total. The Hall–Kier alpha value is -2.13. The molecule has 2 rings (SSSR count). The van der Waals surface area contributed by atoms with Crippen LogP contribution in [0.4, 0.5) is 0 Å². The normalized spacial score (nSPS) is 10.3. The number of hydrogen-bond acceptors (Lipinski definition) is 2. The molecule has 3 heteroatoms. The number of carbonyl (C=O) groups excluding carboxylic acids is 1. The Balaban J connectivity index is 1.93. The predicted octanol–water partition coefficient (Wildman–Crippen LogP) is 2.31. The number of hydrogen-bond donors (Lipinski definition) is 2. The van der Waals surface area contributed by atoms with Crippen LogP contribution in [0.5, 0.6) is 0 Å². The van der Waals surface area contributed by atoms with E-state index in [-0.39, 0.29) is 5.91 Å². The van der Waals surface area contributed by atoms with Gasteiger partial charge in [-0.05, 0) is 23.6 Å². The van der Waals surface area contributed by atoms with Crippen LogP contribution >= 0.6 is 0 Å². The zero-order valence-corrected chi connectivity index (χ0v) is 11.7. The summed E-state index contributed by atoms with van der Waals surface area (Å²) in [7, 11) is 0. The minimum Gasteiger partial charge on any atom is -0.352 e. The molecule has 0 aliphatic carbocycles. The summed E-state index contributed by atoms with van der Waals surface area (Å²) in [5.41, 5.74) is 10.0. The van der Waals surface area contributed by atoms with Gasteiger partial charge in [-0.3, -0.25) is 4.79 Å². The lowest BCUT2D eigenvalue weighted by Crippen LogP contribution is -2.25. The summed E-state index contributed by atoms with van der Waals surface area (Å²) in [5.74, 6) is 0.0207. The van der Waals surface area contributed by atoms with E-state index in [9.17, 15) is 4.79 Å². The van der Waals surface area contributed by atoms with Crippen molar-refractivity contribution in [3.05, 3.63) is 70.8 Å². The molecule has 0 atom stereocenters. The van der Waals surface area contributed by atoms with Gasteiger partial charge in [-0.2, -0.15) is 0 Å². The average Bonchev–Trinajstić information content (AvgIpc) is 2.46. The Kier molecular flexibility index (Phi) is 4.91. The molecule has 3 nitrogen and oxygen atoms in total. The highest BCUT2D eigenvalue weighted by Gasteiger charge is 2.06. The minimum atomic E-state index is 0.0207. The van der Waals surface area contributed by atoms with Crippen molar-refractivity contribution in [1.29, 1.82) is 0 Å².